The summed E-state index contributed by atoms with van der Waals surface area (Å²) in [6, 6.07) is 7.62. The maximum absolute atomic E-state index is 11.7. The minimum atomic E-state index is 0.0658. The zero-order chi connectivity index (χ0) is 14.4. The predicted molar refractivity (Wildman–Crippen MR) is 79.1 cm³/mol. The Bertz CT molecular complexity index is 560. The first-order valence-corrected chi connectivity index (χ1v) is 6.72. The van der Waals surface area contributed by atoms with E-state index in [1.807, 2.05) is 42.1 Å². The zero-order valence-corrected chi connectivity index (χ0v) is 11.7. The largest absolute Gasteiger partial charge is 0.399 e. The van der Waals surface area contributed by atoms with E-state index < -0.39 is 0 Å². The Kier molecular flexibility index (Phi) is 4.76. The van der Waals surface area contributed by atoms with Crippen molar-refractivity contribution in [3.8, 4) is 0 Å². The third kappa shape index (κ3) is 4.12. The number of carbonyl (C=O) groups is 1. The molecule has 0 aliphatic carbocycles. The molecule has 2 aromatic rings. The van der Waals surface area contributed by atoms with Gasteiger partial charge in [-0.3, -0.25) is 4.79 Å². The Balaban J connectivity index is 1.68. The number of benzene rings is 1. The minimum Gasteiger partial charge on any atom is -0.399 e. The van der Waals surface area contributed by atoms with Crippen LogP contribution in [-0.2, 0) is 24.7 Å². The van der Waals surface area contributed by atoms with Crippen molar-refractivity contribution in [3.05, 3.63) is 48.0 Å². The molecule has 0 bridgehead atoms. The first-order chi connectivity index (χ1) is 9.65. The third-order valence-electron chi connectivity index (χ3n) is 3.21. The summed E-state index contributed by atoms with van der Waals surface area (Å²) in [5.74, 6) is 1.04. The normalized spacial score (nSPS) is 10.4. The molecule has 0 saturated carbocycles. The summed E-state index contributed by atoms with van der Waals surface area (Å²) >= 11 is 0. The van der Waals surface area contributed by atoms with E-state index in [0.717, 1.165) is 29.9 Å². The monoisotopic (exact) mass is 272 g/mol. The van der Waals surface area contributed by atoms with Crippen LogP contribution in [0.3, 0.4) is 0 Å². The van der Waals surface area contributed by atoms with Crippen LogP contribution in [0, 0.1) is 0 Å². The molecule has 1 aromatic carbocycles. The fourth-order valence-corrected chi connectivity index (χ4v) is 1.98. The number of nitrogens with two attached hydrogens (primary N) is 1. The minimum absolute atomic E-state index is 0.0658. The van der Waals surface area contributed by atoms with E-state index in [2.05, 4.69) is 10.3 Å². The molecule has 20 heavy (non-hydrogen) atoms. The summed E-state index contributed by atoms with van der Waals surface area (Å²) in [6.07, 6.45) is 5.63. The highest BCUT2D eigenvalue weighted by Gasteiger charge is 2.03. The molecule has 5 nitrogen and oxygen atoms in total. The van der Waals surface area contributed by atoms with Crippen LogP contribution in [0.1, 0.15) is 17.8 Å². The second-order valence-electron chi connectivity index (χ2n) is 4.80. The van der Waals surface area contributed by atoms with Gasteiger partial charge in [0.15, 0.2) is 0 Å². The van der Waals surface area contributed by atoms with Gasteiger partial charge < -0.3 is 15.6 Å². The highest BCUT2D eigenvalue weighted by molar-refractivity contribution is 5.76. The van der Waals surface area contributed by atoms with E-state index in [-0.39, 0.29) is 5.91 Å². The molecular weight excluding hydrogens is 252 g/mol. The van der Waals surface area contributed by atoms with Crippen molar-refractivity contribution in [3.63, 3.8) is 0 Å². The van der Waals surface area contributed by atoms with Gasteiger partial charge in [-0.1, -0.05) is 12.1 Å². The molecule has 106 valence electrons. The van der Waals surface area contributed by atoms with Crippen LogP contribution in [0.5, 0.6) is 0 Å². The van der Waals surface area contributed by atoms with Crippen LogP contribution < -0.4 is 11.1 Å². The van der Waals surface area contributed by atoms with Gasteiger partial charge in [0.1, 0.15) is 5.82 Å². The van der Waals surface area contributed by atoms with Crippen LogP contribution in [-0.4, -0.2) is 22.0 Å². The lowest BCUT2D eigenvalue weighted by Gasteiger charge is -2.06. The maximum Gasteiger partial charge on any atom is 0.220 e. The molecule has 0 atom stereocenters. The number of imidazole rings is 1. The van der Waals surface area contributed by atoms with Gasteiger partial charge in [-0.2, -0.15) is 0 Å². The lowest BCUT2D eigenvalue weighted by molar-refractivity contribution is -0.121. The summed E-state index contributed by atoms with van der Waals surface area (Å²) < 4.78 is 1.96. The zero-order valence-electron chi connectivity index (χ0n) is 11.7. The molecule has 0 aliphatic heterocycles. The van der Waals surface area contributed by atoms with Crippen molar-refractivity contribution < 1.29 is 4.79 Å². The molecule has 1 amide bonds. The number of nitrogens with one attached hydrogen (secondary N) is 1. The van der Waals surface area contributed by atoms with Gasteiger partial charge in [0.25, 0.3) is 0 Å². The summed E-state index contributed by atoms with van der Waals surface area (Å²) in [5.41, 5.74) is 7.49. The number of aromatic nitrogens is 2. The Morgan fingerprint density at radius 2 is 2.05 bits per heavy atom. The standard InChI is InChI=1S/C15H20N4O/c1-19-11-10-17-14(19)8-9-18-15(20)7-4-12-2-5-13(16)6-3-12/h2-3,5-6,10-11H,4,7-9,16H2,1H3,(H,18,20). The fourth-order valence-electron chi connectivity index (χ4n) is 1.98. The molecule has 5 heteroatoms. The first-order valence-electron chi connectivity index (χ1n) is 6.72. The maximum atomic E-state index is 11.7. The number of nitrogens with zero attached hydrogens (tertiary/aromatic N) is 2. The van der Waals surface area contributed by atoms with Gasteiger partial charge in [-0.05, 0) is 24.1 Å². The van der Waals surface area contributed by atoms with Crippen LogP contribution >= 0.6 is 0 Å². The number of hydrogen-bond donors (Lipinski definition) is 2. The first kappa shape index (κ1) is 14.1. The number of amides is 1. The molecule has 0 saturated heterocycles. The predicted octanol–water partition coefficient (Wildman–Crippen LogP) is 1.29. The molecule has 0 aliphatic rings. The van der Waals surface area contributed by atoms with E-state index in [4.69, 9.17) is 5.73 Å². The topological polar surface area (TPSA) is 72.9 Å². The molecule has 0 radical (unpaired) electrons. The Morgan fingerprint density at radius 3 is 2.70 bits per heavy atom. The number of hydrogen-bond acceptors (Lipinski definition) is 3. The molecule has 0 unspecified atom stereocenters. The van der Waals surface area contributed by atoms with E-state index in [9.17, 15) is 4.79 Å². The number of anilines is 1. The molecule has 1 aromatic heterocycles. The van der Waals surface area contributed by atoms with Crippen molar-refractivity contribution in [2.45, 2.75) is 19.3 Å². The molecule has 2 rings (SSSR count). The lowest BCUT2D eigenvalue weighted by atomic mass is 10.1. The highest BCUT2D eigenvalue weighted by Crippen LogP contribution is 2.07. The second kappa shape index (κ2) is 6.75. The van der Waals surface area contributed by atoms with Crippen molar-refractivity contribution >= 4 is 11.6 Å². The van der Waals surface area contributed by atoms with E-state index >= 15 is 0 Å². The molecule has 3 N–H and O–H groups in total. The number of nitrogen functional groups attached to an aromatic ring is 1. The van der Waals surface area contributed by atoms with Gasteiger partial charge in [-0.25, -0.2) is 4.98 Å². The molecule has 1 heterocycles. The molecule has 0 fully saturated rings. The van der Waals surface area contributed by atoms with Crippen molar-refractivity contribution in [1.82, 2.24) is 14.9 Å². The van der Waals surface area contributed by atoms with Crippen LogP contribution in [0.25, 0.3) is 0 Å². The Labute approximate surface area is 118 Å². The Morgan fingerprint density at radius 1 is 1.30 bits per heavy atom. The van der Waals surface area contributed by atoms with E-state index in [1.165, 1.54) is 0 Å². The lowest BCUT2D eigenvalue weighted by Crippen LogP contribution is -2.26. The van der Waals surface area contributed by atoms with E-state index in [1.54, 1.807) is 6.20 Å². The quantitative estimate of drug-likeness (QED) is 0.778. The third-order valence-corrected chi connectivity index (χ3v) is 3.21. The smallest absolute Gasteiger partial charge is 0.220 e. The van der Waals surface area contributed by atoms with Crippen molar-refractivity contribution in [2.24, 2.45) is 7.05 Å². The van der Waals surface area contributed by atoms with Gasteiger partial charge in [0.2, 0.25) is 5.91 Å². The summed E-state index contributed by atoms with van der Waals surface area (Å²) in [4.78, 5) is 15.9. The van der Waals surface area contributed by atoms with Gasteiger partial charge >= 0.3 is 0 Å². The average molecular weight is 272 g/mol. The Hall–Kier alpha value is -2.30. The van der Waals surface area contributed by atoms with Crippen molar-refractivity contribution in [2.75, 3.05) is 12.3 Å². The summed E-state index contributed by atoms with van der Waals surface area (Å²) in [6.45, 7) is 0.616. The summed E-state index contributed by atoms with van der Waals surface area (Å²) in [7, 11) is 1.95. The van der Waals surface area contributed by atoms with Gasteiger partial charge in [-0.15, -0.1) is 0 Å². The van der Waals surface area contributed by atoms with E-state index in [0.29, 0.717) is 13.0 Å². The van der Waals surface area contributed by atoms with Crippen molar-refractivity contribution in [1.29, 1.82) is 0 Å². The van der Waals surface area contributed by atoms with Crippen LogP contribution in [0.15, 0.2) is 36.7 Å². The number of carbonyl (C=O) groups excluding carboxylic acids is 1. The number of rotatable bonds is 6. The molecule has 0 spiro atoms. The van der Waals surface area contributed by atoms with Gasteiger partial charge in [0.05, 0.1) is 0 Å². The van der Waals surface area contributed by atoms with Crippen LogP contribution in [0.4, 0.5) is 5.69 Å². The molecular formula is C15H20N4O. The average Bonchev–Trinajstić information content (AvgIpc) is 2.84. The second-order valence-corrected chi connectivity index (χ2v) is 4.80. The fraction of sp³-hybridized carbons (Fsp3) is 0.333. The number of aryl methyl sites for hydroxylation is 2. The highest BCUT2D eigenvalue weighted by atomic mass is 16.1. The summed E-state index contributed by atoms with van der Waals surface area (Å²) in [5, 5.41) is 2.91. The van der Waals surface area contributed by atoms with Gasteiger partial charge in [0, 0.05) is 44.5 Å². The SMILES string of the molecule is Cn1ccnc1CCNC(=O)CCc1ccc(N)cc1. The van der Waals surface area contributed by atoms with Crippen LogP contribution in [0.2, 0.25) is 0 Å².